The van der Waals surface area contributed by atoms with Crippen LogP contribution in [0.4, 0.5) is 11.4 Å². The fraction of sp³-hybridized carbons (Fsp3) is 0.176. The first-order valence-corrected chi connectivity index (χ1v) is 7.91. The van der Waals surface area contributed by atoms with Crippen LogP contribution in [0.15, 0.2) is 46.9 Å². The second-order valence-electron chi connectivity index (χ2n) is 5.30. The Labute approximate surface area is 142 Å². The number of benzene rings is 2. The van der Waals surface area contributed by atoms with Gasteiger partial charge in [-0.25, -0.2) is 0 Å². The van der Waals surface area contributed by atoms with Gasteiger partial charge in [-0.2, -0.15) is 0 Å². The summed E-state index contributed by atoms with van der Waals surface area (Å²) in [6.07, 6.45) is 0. The average Bonchev–Trinajstić information content (AvgIpc) is 2.50. The lowest BCUT2D eigenvalue weighted by Crippen LogP contribution is -2.43. The zero-order valence-corrected chi connectivity index (χ0v) is 14.1. The minimum Gasteiger partial charge on any atom is -0.482 e. The number of rotatable bonds is 3. The van der Waals surface area contributed by atoms with E-state index in [4.69, 9.17) is 4.74 Å². The molecule has 6 heteroatoms. The molecular weight excluding hydrogens is 360 g/mol. The Kier molecular flexibility index (Phi) is 4.34. The number of halogens is 1. The summed E-state index contributed by atoms with van der Waals surface area (Å²) in [5.41, 5.74) is 2.31. The molecule has 0 fully saturated rings. The number of hydrogen-bond donors (Lipinski definition) is 1. The van der Waals surface area contributed by atoms with Crippen molar-refractivity contribution in [1.29, 1.82) is 0 Å². The van der Waals surface area contributed by atoms with Crippen LogP contribution in [0.25, 0.3) is 0 Å². The molecule has 0 unspecified atom stereocenters. The number of carbonyl (C=O) groups is 2. The lowest BCUT2D eigenvalue weighted by atomic mass is 10.1. The third-order valence-electron chi connectivity index (χ3n) is 3.47. The molecule has 0 saturated heterocycles. The second kappa shape index (κ2) is 6.42. The highest BCUT2D eigenvalue weighted by molar-refractivity contribution is 9.10. The number of hydrogen-bond acceptors (Lipinski definition) is 3. The summed E-state index contributed by atoms with van der Waals surface area (Å²) in [6.45, 7) is 1.82. The van der Waals surface area contributed by atoms with Crippen LogP contribution in [-0.4, -0.2) is 25.0 Å². The molecule has 0 saturated carbocycles. The smallest absolute Gasteiger partial charge is 0.265 e. The van der Waals surface area contributed by atoms with Crippen molar-refractivity contribution in [3.05, 3.63) is 52.5 Å². The highest BCUT2D eigenvalue weighted by Crippen LogP contribution is 2.32. The molecule has 23 heavy (non-hydrogen) atoms. The molecular formula is C17H15BrN2O3. The van der Waals surface area contributed by atoms with Crippen molar-refractivity contribution in [2.75, 3.05) is 23.4 Å². The van der Waals surface area contributed by atoms with Crippen molar-refractivity contribution < 1.29 is 14.3 Å². The Balaban J connectivity index is 1.78. The second-order valence-corrected chi connectivity index (χ2v) is 6.21. The Morgan fingerprint density at radius 2 is 2.13 bits per heavy atom. The predicted molar refractivity (Wildman–Crippen MR) is 91.8 cm³/mol. The van der Waals surface area contributed by atoms with E-state index in [-0.39, 0.29) is 25.0 Å². The van der Waals surface area contributed by atoms with Crippen LogP contribution >= 0.6 is 15.9 Å². The zero-order valence-electron chi connectivity index (χ0n) is 12.5. The number of fused-ring (bicyclic) bond motifs is 1. The molecule has 118 valence electrons. The molecule has 0 radical (unpaired) electrons. The van der Waals surface area contributed by atoms with E-state index in [0.29, 0.717) is 17.1 Å². The van der Waals surface area contributed by atoms with Gasteiger partial charge in [0.1, 0.15) is 12.3 Å². The molecule has 3 rings (SSSR count). The van der Waals surface area contributed by atoms with Crippen molar-refractivity contribution in [2.24, 2.45) is 0 Å². The van der Waals surface area contributed by atoms with Gasteiger partial charge in [0.15, 0.2) is 6.61 Å². The number of nitrogens with zero attached hydrogens (tertiary/aromatic N) is 1. The van der Waals surface area contributed by atoms with E-state index in [0.717, 1.165) is 10.0 Å². The summed E-state index contributed by atoms with van der Waals surface area (Å²) in [5.74, 6) is 0.128. The summed E-state index contributed by atoms with van der Waals surface area (Å²) in [7, 11) is 0. The molecule has 1 aliphatic rings. The van der Waals surface area contributed by atoms with Gasteiger partial charge < -0.3 is 10.1 Å². The van der Waals surface area contributed by atoms with E-state index in [9.17, 15) is 9.59 Å². The van der Waals surface area contributed by atoms with Crippen molar-refractivity contribution in [1.82, 2.24) is 0 Å². The Hall–Kier alpha value is -2.34. The van der Waals surface area contributed by atoms with Crippen LogP contribution < -0.4 is 15.0 Å². The van der Waals surface area contributed by atoms with E-state index >= 15 is 0 Å². The first-order chi connectivity index (χ1) is 11.0. The highest BCUT2D eigenvalue weighted by atomic mass is 79.9. The van der Waals surface area contributed by atoms with Crippen molar-refractivity contribution >= 4 is 39.1 Å². The Morgan fingerprint density at radius 1 is 1.30 bits per heavy atom. The first kappa shape index (κ1) is 15.6. The fourth-order valence-corrected chi connectivity index (χ4v) is 2.80. The summed E-state index contributed by atoms with van der Waals surface area (Å²) < 4.78 is 6.28. The van der Waals surface area contributed by atoms with Gasteiger partial charge in [0, 0.05) is 10.2 Å². The molecule has 2 aromatic rings. The number of ether oxygens (including phenoxy) is 1. The van der Waals surface area contributed by atoms with Gasteiger partial charge in [-0.05, 0) is 42.8 Å². The van der Waals surface area contributed by atoms with E-state index < -0.39 is 0 Å². The maximum absolute atomic E-state index is 12.3. The topological polar surface area (TPSA) is 58.6 Å². The Morgan fingerprint density at radius 3 is 2.91 bits per heavy atom. The van der Waals surface area contributed by atoms with Crippen LogP contribution in [0.2, 0.25) is 0 Å². The van der Waals surface area contributed by atoms with E-state index in [1.807, 2.05) is 37.3 Å². The van der Waals surface area contributed by atoms with Crippen LogP contribution in [0.5, 0.6) is 5.75 Å². The number of aryl methyl sites for hydroxylation is 1. The molecule has 1 aliphatic heterocycles. The number of carbonyl (C=O) groups excluding carboxylic acids is 2. The summed E-state index contributed by atoms with van der Waals surface area (Å²) in [4.78, 5) is 25.9. The SMILES string of the molecule is Cc1ccc2c(c1)N(CC(=O)Nc1cccc(Br)c1)C(=O)CO2. The van der Waals surface area contributed by atoms with Gasteiger partial charge in [0.25, 0.3) is 5.91 Å². The van der Waals surface area contributed by atoms with Gasteiger partial charge in [0.05, 0.1) is 5.69 Å². The Bertz CT molecular complexity index is 776. The third kappa shape index (κ3) is 3.53. The molecule has 5 nitrogen and oxygen atoms in total. The van der Waals surface area contributed by atoms with Crippen LogP contribution in [-0.2, 0) is 9.59 Å². The number of anilines is 2. The van der Waals surface area contributed by atoms with Gasteiger partial charge in [-0.3, -0.25) is 14.5 Å². The molecule has 0 aromatic heterocycles. The molecule has 1 heterocycles. The molecule has 0 aliphatic carbocycles. The number of nitrogens with one attached hydrogen (secondary N) is 1. The van der Waals surface area contributed by atoms with Gasteiger partial charge in [-0.1, -0.05) is 28.1 Å². The minimum atomic E-state index is -0.259. The molecule has 1 N–H and O–H groups in total. The molecule has 0 spiro atoms. The first-order valence-electron chi connectivity index (χ1n) is 7.12. The number of amides is 2. The van der Waals surface area contributed by atoms with E-state index in [1.165, 1.54) is 4.90 Å². The average molecular weight is 375 g/mol. The van der Waals surface area contributed by atoms with Gasteiger partial charge in [-0.15, -0.1) is 0 Å². The monoisotopic (exact) mass is 374 g/mol. The molecule has 2 aromatic carbocycles. The predicted octanol–water partition coefficient (Wildman–Crippen LogP) is 3.12. The van der Waals surface area contributed by atoms with Crippen LogP contribution in [0.3, 0.4) is 0 Å². The van der Waals surface area contributed by atoms with Crippen LogP contribution in [0.1, 0.15) is 5.56 Å². The lowest BCUT2D eigenvalue weighted by molar-refractivity contribution is -0.123. The standard InChI is InChI=1S/C17H15BrN2O3/c1-11-5-6-15-14(7-11)20(17(22)10-23-15)9-16(21)19-13-4-2-3-12(18)8-13/h2-8H,9-10H2,1H3,(H,19,21). The fourth-order valence-electron chi connectivity index (χ4n) is 2.40. The van der Waals surface area contributed by atoms with Crippen molar-refractivity contribution in [3.63, 3.8) is 0 Å². The zero-order chi connectivity index (χ0) is 16.4. The van der Waals surface area contributed by atoms with Gasteiger partial charge in [0.2, 0.25) is 5.91 Å². The normalized spacial score (nSPS) is 13.3. The van der Waals surface area contributed by atoms with Crippen molar-refractivity contribution in [2.45, 2.75) is 6.92 Å². The molecule has 2 amide bonds. The minimum absolute atomic E-state index is 0.0504. The molecule has 0 bridgehead atoms. The van der Waals surface area contributed by atoms with Gasteiger partial charge >= 0.3 is 0 Å². The van der Waals surface area contributed by atoms with Crippen molar-refractivity contribution in [3.8, 4) is 5.75 Å². The summed E-state index contributed by atoms with van der Waals surface area (Å²) >= 11 is 3.36. The van der Waals surface area contributed by atoms with E-state index in [2.05, 4.69) is 21.2 Å². The largest absolute Gasteiger partial charge is 0.482 e. The maximum atomic E-state index is 12.3. The van der Waals surface area contributed by atoms with Crippen LogP contribution in [0, 0.1) is 6.92 Å². The van der Waals surface area contributed by atoms with E-state index in [1.54, 1.807) is 12.1 Å². The lowest BCUT2D eigenvalue weighted by Gasteiger charge is -2.29. The third-order valence-corrected chi connectivity index (χ3v) is 3.96. The highest BCUT2D eigenvalue weighted by Gasteiger charge is 2.27. The summed E-state index contributed by atoms with van der Waals surface area (Å²) in [5, 5.41) is 2.79. The summed E-state index contributed by atoms with van der Waals surface area (Å²) in [6, 6.07) is 12.9. The maximum Gasteiger partial charge on any atom is 0.265 e. The molecule has 0 atom stereocenters. The quantitative estimate of drug-likeness (QED) is 0.897.